The lowest BCUT2D eigenvalue weighted by molar-refractivity contribution is 1.00. The minimum absolute atomic E-state index is 0.920. The van der Waals surface area contributed by atoms with Crippen molar-refractivity contribution in [3.05, 3.63) is 78.9 Å². The van der Waals surface area contributed by atoms with Crippen LogP contribution in [0.3, 0.4) is 0 Å². The molecule has 0 spiro atoms. The lowest BCUT2D eigenvalue weighted by atomic mass is 10.2. The molecule has 122 valence electrons. The Kier molecular flexibility index (Phi) is 4.09. The number of para-hydroxylation sites is 2. The Morgan fingerprint density at radius 2 is 1.60 bits per heavy atom. The van der Waals surface area contributed by atoms with Crippen molar-refractivity contribution in [1.82, 2.24) is 19.9 Å². The average Bonchev–Trinajstić information content (AvgIpc) is 3.13. The minimum Gasteiger partial charge on any atom is -0.341 e. The Balaban J connectivity index is 0.000000136. The van der Waals surface area contributed by atoms with Crippen LogP contribution in [0, 0.1) is 0 Å². The van der Waals surface area contributed by atoms with Gasteiger partial charge in [0.2, 0.25) is 0 Å². The molecule has 3 heterocycles. The van der Waals surface area contributed by atoms with Crippen LogP contribution in [0.5, 0.6) is 0 Å². The van der Waals surface area contributed by atoms with E-state index in [1.807, 2.05) is 54.9 Å². The first kappa shape index (κ1) is 15.3. The van der Waals surface area contributed by atoms with E-state index >= 15 is 0 Å². The van der Waals surface area contributed by atoms with Crippen LogP contribution in [0.25, 0.3) is 32.8 Å². The van der Waals surface area contributed by atoms with Crippen LogP contribution >= 0.6 is 0 Å². The molecule has 0 aliphatic rings. The number of pyridine rings is 2. The highest BCUT2D eigenvalue weighted by Gasteiger charge is 2.05. The molecule has 4 heteroatoms. The molecule has 0 unspecified atom stereocenters. The number of aryl methyl sites for hydroxylation is 1. The van der Waals surface area contributed by atoms with Crippen LogP contribution in [-0.2, 0) is 6.42 Å². The summed E-state index contributed by atoms with van der Waals surface area (Å²) in [5.74, 6) is 1.02. The number of aromatic amines is 1. The molecule has 0 radical (unpaired) electrons. The fourth-order valence-electron chi connectivity index (χ4n) is 2.84. The summed E-state index contributed by atoms with van der Waals surface area (Å²) in [6, 6.07) is 20.2. The van der Waals surface area contributed by atoms with Gasteiger partial charge in [-0.2, -0.15) is 0 Å². The third-order valence-electron chi connectivity index (χ3n) is 4.12. The van der Waals surface area contributed by atoms with Gasteiger partial charge in [0.25, 0.3) is 0 Å². The van der Waals surface area contributed by atoms with Gasteiger partial charge >= 0.3 is 0 Å². The second-order valence-corrected chi connectivity index (χ2v) is 5.77. The van der Waals surface area contributed by atoms with Crippen LogP contribution in [-0.4, -0.2) is 19.9 Å². The Bertz CT molecular complexity index is 1080. The molecule has 0 atom stereocenters. The van der Waals surface area contributed by atoms with Crippen LogP contribution in [0.15, 0.2) is 73.1 Å². The third kappa shape index (κ3) is 3.06. The first-order valence-corrected chi connectivity index (χ1v) is 8.37. The zero-order valence-corrected chi connectivity index (χ0v) is 14.0. The number of imidazole rings is 1. The van der Waals surface area contributed by atoms with Gasteiger partial charge in [-0.15, -0.1) is 0 Å². The highest BCUT2D eigenvalue weighted by molar-refractivity contribution is 6.01. The van der Waals surface area contributed by atoms with Gasteiger partial charge in [0.05, 0.1) is 28.3 Å². The van der Waals surface area contributed by atoms with Gasteiger partial charge < -0.3 is 4.98 Å². The van der Waals surface area contributed by atoms with E-state index in [4.69, 9.17) is 0 Å². The second kappa shape index (κ2) is 6.69. The molecule has 2 aromatic carbocycles. The predicted octanol–water partition coefficient (Wildman–Crippen LogP) is 4.91. The maximum absolute atomic E-state index is 4.56. The number of H-pyrrole nitrogens is 1. The number of hydrogen-bond donors (Lipinski definition) is 1. The molecule has 0 amide bonds. The number of fused-ring (bicyclic) bond motifs is 4. The van der Waals surface area contributed by atoms with Gasteiger partial charge in [-0.05, 0) is 18.2 Å². The number of benzene rings is 2. The summed E-state index contributed by atoms with van der Waals surface area (Å²) in [5.41, 5.74) is 4.10. The molecular weight excluding hydrogens is 308 g/mol. The van der Waals surface area contributed by atoms with E-state index in [2.05, 4.69) is 45.1 Å². The van der Waals surface area contributed by atoms with E-state index in [0.717, 1.165) is 39.7 Å². The Labute approximate surface area is 145 Å². The standard InChI is InChI=1S/C12H11N3.C9H7N/c1-2-11-14-10-7-13-9-6-4-3-5-8(9)12(10)15-11;1-2-6-9-8(4-1)5-3-7-10-9/h3-7H,2H2,1H3,(H,14,15);1-7H. The zero-order chi connectivity index (χ0) is 17.1. The maximum atomic E-state index is 4.56. The van der Waals surface area contributed by atoms with Crippen LogP contribution < -0.4 is 0 Å². The quantitative estimate of drug-likeness (QED) is 0.476. The molecule has 0 aliphatic heterocycles. The summed E-state index contributed by atoms with van der Waals surface area (Å²) in [6.45, 7) is 2.09. The van der Waals surface area contributed by atoms with E-state index in [9.17, 15) is 0 Å². The lowest BCUT2D eigenvalue weighted by Crippen LogP contribution is -1.80. The van der Waals surface area contributed by atoms with Crippen molar-refractivity contribution in [3.8, 4) is 0 Å². The van der Waals surface area contributed by atoms with Crippen molar-refractivity contribution in [3.63, 3.8) is 0 Å². The molecule has 0 fully saturated rings. The molecule has 3 aromatic heterocycles. The highest BCUT2D eigenvalue weighted by atomic mass is 14.9. The summed E-state index contributed by atoms with van der Waals surface area (Å²) in [5, 5.41) is 2.32. The average molecular weight is 326 g/mol. The molecular formula is C21H18N4. The highest BCUT2D eigenvalue weighted by Crippen LogP contribution is 2.21. The molecule has 1 N–H and O–H groups in total. The van der Waals surface area contributed by atoms with E-state index in [1.54, 1.807) is 0 Å². The summed E-state index contributed by atoms with van der Waals surface area (Å²) in [7, 11) is 0. The predicted molar refractivity (Wildman–Crippen MR) is 103 cm³/mol. The van der Waals surface area contributed by atoms with Crippen molar-refractivity contribution in [2.24, 2.45) is 0 Å². The van der Waals surface area contributed by atoms with E-state index in [1.165, 1.54) is 5.39 Å². The Hall–Kier alpha value is -3.27. The molecule has 0 aliphatic carbocycles. The number of nitrogens with one attached hydrogen (secondary N) is 1. The van der Waals surface area contributed by atoms with Gasteiger partial charge in [-0.25, -0.2) is 4.98 Å². The monoisotopic (exact) mass is 326 g/mol. The van der Waals surface area contributed by atoms with Crippen LogP contribution in [0.2, 0.25) is 0 Å². The topological polar surface area (TPSA) is 54.5 Å². The first-order valence-electron chi connectivity index (χ1n) is 8.37. The van der Waals surface area contributed by atoms with E-state index in [0.29, 0.717) is 0 Å². The summed E-state index contributed by atoms with van der Waals surface area (Å²) in [4.78, 5) is 16.4. The van der Waals surface area contributed by atoms with Gasteiger partial charge in [0.1, 0.15) is 5.82 Å². The fraction of sp³-hybridized carbons (Fsp3) is 0.0952. The summed E-state index contributed by atoms with van der Waals surface area (Å²) >= 11 is 0. The fourth-order valence-corrected chi connectivity index (χ4v) is 2.84. The number of hydrogen-bond acceptors (Lipinski definition) is 3. The largest absolute Gasteiger partial charge is 0.341 e. The molecule has 5 rings (SSSR count). The van der Waals surface area contributed by atoms with Gasteiger partial charge in [0, 0.05) is 23.4 Å². The van der Waals surface area contributed by atoms with Gasteiger partial charge in [-0.3, -0.25) is 9.97 Å². The first-order chi connectivity index (χ1) is 12.3. The van der Waals surface area contributed by atoms with Crippen LogP contribution in [0.1, 0.15) is 12.7 Å². The van der Waals surface area contributed by atoms with Crippen molar-refractivity contribution in [1.29, 1.82) is 0 Å². The number of aromatic nitrogens is 4. The number of nitrogens with zero attached hydrogens (tertiary/aromatic N) is 3. The summed E-state index contributed by atoms with van der Waals surface area (Å²) in [6.07, 6.45) is 4.58. The third-order valence-corrected chi connectivity index (χ3v) is 4.12. The van der Waals surface area contributed by atoms with E-state index < -0.39 is 0 Å². The molecule has 0 saturated heterocycles. The minimum atomic E-state index is 0.920. The van der Waals surface area contributed by atoms with E-state index in [-0.39, 0.29) is 0 Å². The molecule has 4 nitrogen and oxygen atoms in total. The van der Waals surface area contributed by atoms with Crippen molar-refractivity contribution < 1.29 is 0 Å². The second-order valence-electron chi connectivity index (χ2n) is 5.77. The van der Waals surface area contributed by atoms with Crippen molar-refractivity contribution in [2.75, 3.05) is 0 Å². The number of rotatable bonds is 1. The van der Waals surface area contributed by atoms with Crippen LogP contribution in [0.4, 0.5) is 0 Å². The Morgan fingerprint density at radius 3 is 2.44 bits per heavy atom. The molecule has 5 aromatic rings. The van der Waals surface area contributed by atoms with Crippen molar-refractivity contribution >= 4 is 32.8 Å². The van der Waals surface area contributed by atoms with Gasteiger partial charge in [-0.1, -0.05) is 49.4 Å². The zero-order valence-electron chi connectivity index (χ0n) is 14.0. The SMILES string of the molecule is CCc1nc2c(cnc3ccccc32)[nH]1.c1ccc2ncccc2c1. The maximum Gasteiger partial charge on any atom is 0.107 e. The smallest absolute Gasteiger partial charge is 0.107 e. The lowest BCUT2D eigenvalue weighted by Gasteiger charge is -1.95. The summed E-state index contributed by atoms with van der Waals surface area (Å²) < 4.78 is 0. The molecule has 0 bridgehead atoms. The normalized spacial score (nSPS) is 10.8. The molecule has 0 saturated carbocycles. The Morgan fingerprint density at radius 1 is 0.840 bits per heavy atom. The van der Waals surface area contributed by atoms with Gasteiger partial charge in [0.15, 0.2) is 0 Å². The van der Waals surface area contributed by atoms with Crippen molar-refractivity contribution in [2.45, 2.75) is 13.3 Å². The molecule has 25 heavy (non-hydrogen) atoms.